The highest BCUT2D eigenvalue weighted by Gasteiger charge is 2.08. The Labute approximate surface area is 111 Å². The van der Waals surface area contributed by atoms with E-state index < -0.39 is 0 Å². The maximum atomic E-state index is 2.39. The van der Waals surface area contributed by atoms with Gasteiger partial charge in [-0.15, -0.1) is 0 Å². The smallest absolute Gasteiger partial charge is 0.0122 e. The van der Waals surface area contributed by atoms with Crippen molar-refractivity contribution in [2.75, 3.05) is 0 Å². The Morgan fingerprint density at radius 3 is 2.22 bits per heavy atom. The second-order valence-electron chi connectivity index (χ2n) is 5.56. The molecule has 0 unspecified atom stereocenters. The molecule has 0 heterocycles. The van der Waals surface area contributed by atoms with E-state index in [2.05, 4.69) is 52.8 Å². The molecule has 0 aliphatic carbocycles. The van der Waals surface area contributed by atoms with Crippen LogP contribution in [0.5, 0.6) is 0 Å². The average Bonchev–Trinajstić information content (AvgIpc) is 2.33. The molecule has 2 aromatic rings. The number of unbranched alkanes of at least 4 members (excludes halogenated alkanes) is 1. The van der Waals surface area contributed by atoms with Crippen molar-refractivity contribution >= 4 is 10.8 Å². The molecule has 0 N–H and O–H groups in total. The molecule has 0 fully saturated rings. The number of benzene rings is 2. The minimum absolute atomic E-state index is 1.21. The molecule has 0 heteroatoms. The molecule has 0 aromatic heterocycles. The molecule has 2 rings (SSSR count). The van der Waals surface area contributed by atoms with E-state index in [0.717, 1.165) is 0 Å². The van der Waals surface area contributed by atoms with E-state index in [0.29, 0.717) is 0 Å². The van der Waals surface area contributed by atoms with Crippen LogP contribution in [-0.4, -0.2) is 0 Å². The first kappa shape index (κ1) is 13.1. The maximum Gasteiger partial charge on any atom is -0.0122 e. The van der Waals surface area contributed by atoms with Crippen LogP contribution in [0.3, 0.4) is 0 Å². The lowest BCUT2D eigenvalue weighted by Crippen LogP contribution is -1.94. The Hall–Kier alpha value is -1.30. The summed E-state index contributed by atoms with van der Waals surface area (Å²) in [6.45, 7) is 11.2. The number of hydrogen-bond acceptors (Lipinski definition) is 0. The number of hydrogen-bond donors (Lipinski definition) is 0. The highest BCUT2D eigenvalue weighted by molar-refractivity contribution is 5.91. The van der Waals surface area contributed by atoms with Crippen molar-refractivity contribution < 1.29 is 0 Å². The average molecular weight is 240 g/mol. The molecule has 0 spiro atoms. The summed E-state index contributed by atoms with van der Waals surface area (Å²) < 4.78 is 0. The van der Waals surface area contributed by atoms with Gasteiger partial charge in [0.1, 0.15) is 0 Å². The molecule has 96 valence electrons. The van der Waals surface area contributed by atoms with Gasteiger partial charge in [0.05, 0.1) is 0 Å². The van der Waals surface area contributed by atoms with E-state index >= 15 is 0 Å². The molecule has 0 saturated heterocycles. The van der Waals surface area contributed by atoms with Gasteiger partial charge >= 0.3 is 0 Å². The van der Waals surface area contributed by atoms with Crippen LogP contribution in [0.1, 0.15) is 47.6 Å². The number of fused-ring (bicyclic) bond motifs is 1. The lowest BCUT2D eigenvalue weighted by atomic mass is 9.91. The van der Waals surface area contributed by atoms with E-state index in [4.69, 9.17) is 0 Å². The van der Waals surface area contributed by atoms with E-state index in [1.807, 2.05) is 0 Å². The van der Waals surface area contributed by atoms with Crippen LogP contribution in [0.2, 0.25) is 0 Å². The summed E-state index contributed by atoms with van der Waals surface area (Å²) in [5.41, 5.74) is 7.21. The van der Waals surface area contributed by atoms with Gasteiger partial charge in [0.2, 0.25) is 0 Å². The fourth-order valence-electron chi connectivity index (χ4n) is 2.87. The largest absolute Gasteiger partial charge is 0.0654 e. The van der Waals surface area contributed by atoms with Gasteiger partial charge in [0, 0.05) is 0 Å². The van der Waals surface area contributed by atoms with Crippen LogP contribution >= 0.6 is 0 Å². The Morgan fingerprint density at radius 2 is 1.56 bits per heavy atom. The third-order valence-corrected chi connectivity index (χ3v) is 4.15. The first-order valence-electron chi connectivity index (χ1n) is 7.04. The first-order chi connectivity index (χ1) is 8.54. The van der Waals surface area contributed by atoms with Crippen molar-refractivity contribution in [3.8, 4) is 0 Å². The molecule has 18 heavy (non-hydrogen) atoms. The zero-order valence-corrected chi connectivity index (χ0v) is 12.4. The van der Waals surface area contributed by atoms with Gasteiger partial charge in [-0.05, 0) is 79.1 Å². The Balaban J connectivity index is 2.63. The van der Waals surface area contributed by atoms with E-state index in [-0.39, 0.29) is 0 Å². The Kier molecular flexibility index (Phi) is 3.75. The molecular formula is C18H24. The fourth-order valence-corrected chi connectivity index (χ4v) is 2.87. The summed E-state index contributed by atoms with van der Waals surface area (Å²) in [6, 6.07) is 7.11. The zero-order valence-electron chi connectivity index (χ0n) is 12.4. The molecule has 0 bridgehead atoms. The molecule has 2 aromatic carbocycles. The predicted octanol–water partition coefficient (Wildman–Crippen LogP) is 5.42. The van der Waals surface area contributed by atoms with Crippen LogP contribution < -0.4 is 0 Å². The Bertz CT molecular complexity index is 576. The molecule has 0 atom stereocenters. The highest BCUT2D eigenvalue weighted by atomic mass is 14.1. The fraction of sp³-hybridized carbons (Fsp3) is 0.444. The summed E-state index contributed by atoms with van der Waals surface area (Å²) >= 11 is 0. The van der Waals surface area contributed by atoms with E-state index in [1.165, 1.54) is 57.9 Å². The van der Waals surface area contributed by atoms with Gasteiger partial charge in [-0.25, -0.2) is 0 Å². The lowest BCUT2D eigenvalue weighted by molar-refractivity contribution is 0.795. The van der Waals surface area contributed by atoms with Crippen LogP contribution in [0, 0.1) is 27.7 Å². The summed E-state index contributed by atoms with van der Waals surface area (Å²) in [7, 11) is 0. The summed E-state index contributed by atoms with van der Waals surface area (Å²) in [5, 5.41) is 2.88. The maximum absolute atomic E-state index is 2.39. The van der Waals surface area contributed by atoms with E-state index in [9.17, 15) is 0 Å². The van der Waals surface area contributed by atoms with Crippen molar-refractivity contribution in [2.24, 2.45) is 0 Å². The standard InChI is InChI=1S/C18H24/c1-6-7-8-16-9-13(3)18-15(5)14(4)12(2)10-17(18)11-16/h9-11H,6-8H2,1-5H3. The van der Waals surface area contributed by atoms with Gasteiger partial charge < -0.3 is 0 Å². The SMILES string of the molecule is CCCCc1cc(C)c2c(C)c(C)c(C)cc2c1. The molecule has 0 radical (unpaired) electrons. The number of aryl methyl sites for hydroxylation is 4. The van der Waals surface area contributed by atoms with Crippen molar-refractivity contribution in [3.63, 3.8) is 0 Å². The van der Waals surface area contributed by atoms with Crippen molar-refractivity contribution in [2.45, 2.75) is 53.9 Å². The summed E-state index contributed by atoms with van der Waals surface area (Å²) in [6.07, 6.45) is 3.76. The molecular weight excluding hydrogens is 216 g/mol. The van der Waals surface area contributed by atoms with Gasteiger partial charge in [-0.1, -0.05) is 31.5 Å². The molecule has 0 saturated carbocycles. The summed E-state index contributed by atoms with van der Waals surface area (Å²) in [4.78, 5) is 0. The van der Waals surface area contributed by atoms with Crippen LogP contribution in [0.4, 0.5) is 0 Å². The van der Waals surface area contributed by atoms with Gasteiger partial charge in [-0.3, -0.25) is 0 Å². The monoisotopic (exact) mass is 240 g/mol. The van der Waals surface area contributed by atoms with Gasteiger partial charge in [0.15, 0.2) is 0 Å². The summed E-state index contributed by atoms with van der Waals surface area (Å²) in [5.74, 6) is 0. The quantitative estimate of drug-likeness (QED) is 0.672. The number of rotatable bonds is 3. The van der Waals surface area contributed by atoms with Crippen LogP contribution in [0.25, 0.3) is 10.8 Å². The normalized spacial score (nSPS) is 11.2. The highest BCUT2D eigenvalue weighted by Crippen LogP contribution is 2.29. The minimum Gasteiger partial charge on any atom is -0.0654 e. The third-order valence-electron chi connectivity index (χ3n) is 4.15. The second-order valence-corrected chi connectivity index (χ2v) is 5.56. The zero-order chi connectivity index (χ0) is 13.3. The van der Waals surface area contributed by atoms with Crippen molar-refractivity contribution in [3.05, 3.63) is 46.0 Å². The molecule has 0 aliphatic heterocycles. The second kappa shape index (κ2) is 5.14. The first-order valence-corrected chi connectivity index (χ1v) is 7.04. The van der Waals surface area contributed by atoms with Gasteiger partial charge in [-0.2, -0.15) is 0 Å². The predicted molar refractivity (Wildman–Crippen MR) is 81.5 cm³/mol. The Morgan fingerprint density at radius 1 is 0.833 bits per heavy atom. The van der Waals surface area contributed by atoms with E-state index in [1.54, 1.807) is 0 Å². The molecule has 0 aliphatic rings. The lowest BCUT2D eigenvalue weighted by Gasteiger charge is -2.14. The van der Waals surface area contributed by atoms with Crippen LogP contribution in [-0.2, 0) is 6.42 Å². The van der Waals surface area contributed by atoms with Crippen molar-refractivity contribution in [1.82, 2.24) is 0 Å². The van der Waals surface area contributed by atoms with Crippen LogP contribution in [0.15, 0.2) is 18.2 Å². The third kappa shape index (κ3) is 2.29. The molecule has 0 nitrogen and oxygen atoms in total. The minimum atomic E-state index is 1.21. The van der Waals surface area contributed by atoms with Gasteiger partial charge in [0.25, 0.3) is 0 Å². The molecule has 0 amide bonds. The van der Waals surface area contributed by atoms with Crippen molar-refractivity contribution in [1.29, 1.82) is 0 Å². The topological polar surface area (TPSA) is 0 Å².